The molecule has 1 fully saturated rings. The first-order valence-corrected chi connectivity index (χ1v) is 5.22. The van der Waals surface area contributed by atoms with Crippen molar-refractivity contribution in [2.75, 3.05) is 0 Å². The van der Waals surface area contributed by atoms with Crippen LogP contribution in [0.3, 0.4) is 0 Å². The summed E-state index contributed by atoms with van der Waals surface area (Å²) < 4.78 is 0. The molecule has 0 aromatic rings. The van der Waals surface area contributed by atoms with Crippen molar-refractivity contribution in [1.82, 2.24) is 0 Å². The molecule has 0 aromatic carbocycles. The third kappa shape index (κ3) is 4.79. The summed E-state index contributed by atoms with van der Waals surface area (Å²) in [6.07, 6.45) is 8.99. The van der Waals surface area contributed by atoms with E-state index < -0.39 is 0 Å². The third-order valence-corrected chi connectivity index (χ3v) is 2.61. The van der Waals surface area contributed by atoms with Crippen LogP contribution in [0.5, 0.6) is 0 Å². The Bertz CT molecular complexity index is 155. The molecule has 0 spiro atoms. The van der Waals surface area contributed by atoms with Crippen LogP contribution in [0.4, 0.5) is 0 Å². The maximum Gasteiger partial charge on any atom is 1.00 e. The molecule has 0 unspecified atom stereocenters. The van der Waals surface area contributed by atoms with E-state index in [1.807, 2.05) is 0 Å². The van der Waals surface area contributed by atoms with Crippen molar-refractivity contribution in [3.05, 3.63) is 11.3 Å². The summed E-state index contributed by atoms with van der Waals surface area (Å²) in [5, 5.41) is 11.5. The molecule has 0 heterocycles. The standard InChI is InChI=1S/C11H20O.Li/c1-2-3-9-11(12)10-7-5-4-6-8-10;/h12H,2-9H2,1H3;/q;+1/p-1. The normalized spacial score (nSPS) is 16.5. The van der Waals surface area contributed by atoms with Gasteiger partial charge in [-0.1, -0.05) is 31.8 Å². The number of hydrogen-bond donors (Lipinski definition) is 0. The van der Waals surface area contributed by atoms with E-state index in [1.165, 1.54) is 24.8 Å². The second kappa shape index (κ2) is 7.53. The Morgan fingerprint density at radius 2 is 1.85 bits per heavy atom. The fourth-order valence-electron chi connectivity index (χ4n) is 1.77. The topological polar surface area (TPSA) is 23.1 Å². The molecule has 1 saturated carbocycles. The Kier molecular flexibility index (Phi) is 7.61. The van der Waals surface area contributed by atoms with Gasteiger partial charge in [0, 0.05) is 0 Å². The predicted molar refractivity (Wildman–Crippen MR) is 49.6 cm³/mol. The molecule has 0 amide bonds. The van der Waals surface area contributed by atoms with Gasteiger partial charge in [-0.05, 0) is 32.1 Å². The molecule has 2 heteroatoms. The van der Waals surface area contributed by atoms with Crippen LogP contribution in [0, 0.1) is 0 Å². The first kappa shape index (κ1) is 13.1. The van der Waals surface area contributed by atoms with Crippen LogP contribution in [0.15, 0.2) is 11.3 Å². The maximum absolute atomic E-state index is 11.5. The van der Waals surface area contributed by atoms with Gasteiger partial charge >= 0.3 is 18.9 Å². The Hall–Kier alpha value is 0.137. The van der Waals surface area contributed by atoms with Gasteiger partial charge in [0.2, 0.25) is 0 Å². The minimum atomic E-state index is 0. The van der Waals surface area contributed by atoms with E-state index in [4.69, 9.17) is 0 Å². The van der Waals surface area contributed by atoms with Gasteiger partial charge < -0.3 is 5.11 Å². The van der Waals surface area contributed by atoms with Crippen molar-refractivity contribution in [3.63, 3.8) is 0 Å². The van der Waals surface area contributed by atoms with E-state index in [-0.39, 0.29) is 18.9 Å². The van der Waals surface area contributed by atoms with Gasteiger partial charge in [-0.15, -0.1) is 5.76 Å². The molecule has 0 atom stereocenters. The summed E-state index contributed by atoms with van der Waals surface area (Å²) in [5.41, 5.74) is 1.23. The second-order valence-electron chi connectivity index (χ2n) is 3.69. The second-order valence-corrected chi connectivity index (χ2v) is 3.69. The fraction of sp³-hybridized carbons (Fsp3) is 0.818. The van der Waals surface area contributed by atoms with Crippen molar-refractivity contribution in [1.29, 1.82) is 0 Å². The van der Waals surface area contributed by atoms with Crippen molar-refractivity contribution >= 4 is 0 Å². The van der Waals surface area contributed by atoms with Gasteiger partial charge in [-0.2, -0.15) is 0 Å². The fourth-order valence-corrected chi connectivity index (χ4v) is 1.77. The van der Waals surface area contributed by atoms with E-state index >= 15 is 0 Å². The molecule has 13 heavy (non-hydrogen) atoms. The number of hydrogen-bond acceptors (Lipinski definition) is 1. The van der Waals surface area contributed by atoms with Gasteiger partial charge in [0.1, 0.15) is 0 Å². The van der Waals surface area contributed by atoms with E-state index in [2.05, 4.69) is 6.92 Å². The minimum absolute atomic E-state index is 0. The molecule has 0 aliphatic heterocycles. The van der Waals surface area contributed by atoms with Crippen LogP contribution in [0.1, 0.15) is 58.3 Å². The summed E-state index contributed by atoms with van der Waals surface area (Å²) in [4.78, 5) is 0. The summed E-state index contributed by atoms with van der Waals surface area (Å²) in [6, 6.07) is 0. The van der Waals surface area contributed by atoms with E-state index in [0.717, 1.165) is 32.1 Å². The van der Waals surface area contributed by atoms with Crippen molar-refractivity contribution in [2.45, 2.75) is 58.3 Å². The number of unbranched alkanes of at least 4 members (excludes halogenated alkanes) is 1. The Morgan fingerprint density at radius 3 is 2.38 bits per heavy atom. The molecule has 0 bridgehead atoms. The van der Waals surface area contributed by atoms with Crippen molar-refractivity contribution in [2.24, 2.45) is 0 Å². The Balaban J connectivity index is 0.00000144. The monoisotopic (exact) mass is 174 g/mol. The quantitative estimate of drug-likeness (QED) is 0.428. The number of rotatable bonds is 3. The maximum atomic E-state index is 11.5. The largest absolute Gasteiger partial charge is 1.00 e. The zero-order valence-corrected chi connectivity index (χ0v) is 9.07. The van der Waals surface area contributed by atoms with Crippen LogP contribution in [0.2, 0.25) is 0 Å². The van der Waals surface area contributed by atoms with Crippen LogP contribution >= 0.6 is 0 Å². The average molecular weight is 174 g/mol. The van der Waals surface area contributed by atoms with Gasteiger partial charge in [-0.25, -0.2) is 0 Å². The van der Waals surface area contributed by atoms with Gasteiger partial charge in [0.25, 0.3) is 0 Å². The zero-order chi connectivity index (χ0) is 8.81. The first-order valence-electron chi connectivity index (χ1n) is 5.22. The summed E-state index contributed by atoms with van der Waals surface area (Å²) in [7, 11) is 0. The van der Waals surface area contributed by atoms with E-state index in [1.54, 1.807) is 0 Å². The van der Waals surface area contributed by atoms with E-state index in [0.29, 0.717) is 5.76 Å². The minimum Gasteiger partial charge on any atom is -0.875 e. The molecule has 0 radical (unpaired) electrons. The van der Waals surface area contributed by atoms with Crippen molar-refractivity contribution < 1.29 is 24.0 Å². The molecule has 0 aromatic heterocycles. The van der Waals surface area contributed by atoms with Crippen LogP contribution in [0.25, 0.3) is 0 Å². The zero-order valence-electron chi connectivity index (χ0n) is 9.07. The van der Waals surface area contributed by atoms with Crippen LogP contribution < -0.4 is 24.0 Å². The molecule has 0 N–H and O–H groups in total. The van der Waals surface area contributed by atoms with E-state index in [9.17, 15) is 5.11 Å². The molecule has 0 saturated heterocycles. The number of allylic oxidation sites excluding steroid dienone is 2. The summed E-state index contributed by atoms with van der Waals surface area (Å²) in [5.74, 6) is 0.455. The molecular formula is C11H19LiO. The summed E-state index contributed by atoms with van der Waals surface area (Å²) >= 11 is 0. The van der Waals surface area contributed by atoms with Gasteiger partial charge in [0.05, 0.1) is 0 Å². The van der Waals surface area contributed by atoms with Crippen molar-refractivity contribution in [3.8, 4) is 0 Å². The molecule has 70 valence electrons. The smallest absolute Gasteiger partial charge is 0.875 e. The molecule has 1 aliphatic rings. The van der Waals surface area contributed by atoms with Gasteiger partial charge in [-0.3, -0.25) is 0 Å². The van der Waals surface area contributed by atoms with Crippen LogP contribution in [-0.2, 0) is 0 Å². The Morgan fingerprint density at radius 1 is 1.23 bits per heavy atom. The average Bonchev–Trinajstić information content (AvgIpc) is 2.15. The molecule has 1 nitrogen and oxygen atoms in total. The predicted octanol–water partition coefficient (Wildman–Crippen LogP) is -0.241. The van der Waals surface area contributed by atoms with Crippen LogP contribution in [-0.4, -0.2) is 0 Å². The molecule has 1 aliphatic carbocycles. The van der Waals surface area contributed by atoms with Gasteiger partial charge in [0.15, 0.2) is 0 Å². The molecular weight excluding hydrogens is 155 g/mol. The SMILES string of the molecule is CCCCC([O-])=C1CCCCC1.[Li+]. The third-order valence-electron chi connectivity index (χ3n) is 2.61. The molecule has 1 rings (SSSR count). The first-order chi connectivity index (χ1) is 5.84. The summed E-state index contributed by atoms with van der Waals surface area (Å²) in [6.45, 7) is 2.14. The Labute approximate surface area is 93.8 Å².